The Morgan fingerprint density at radius 1 is 0.553 bits per heavy atom. The van der Waals surface area contributed by atoms with Gasteiger partial charge in [0.25, 0.3) is 0 Å². The van der Waals surface area contributed by atoms with E-state index in [0.717, 1.165) is 36.8 Å². The number of aryl methyl sites for hydroxylation is 2. The predicted octanol–water partition coefficient (Wildman–Crippen LogP) is 9.75. The fraction of sp³-hybridized carbons (Fsp3) is 0.286. The zero-order chi connectivity index (χ0) is 26.9. The number of ether oxygens (including phenoxy) is 2. The molecule has 2 atom stereocenters. The van der Waals surface area contributed by atoms with Crippen molar-refractivity contribution in [2.45, 2.75) is 65.2 Å². The Kier molecular flexibility index (Phi) is 9.37. The third-order valence-electron chi connectivity index (χ3n) is 7.26. The summed E-state index contributed by atoms with van der Waals surface area (Å²) in [6.45, 7) is 8.63. The van der Waals surface area contributed by atoms with Gasteiger partial charge in [-0.05, 0) is 61.1 Å². The van der Waals surface area contributed by atoms with E-state index in [-0.39, 0.29) is 11.8 Å². The predicted molar refractivity (Wildman–Crippen MR) is 155 cm³/mol. The van der Waals surface area contributed by atoms with Crippen LogP contribution < -0.4 is 9.47 Å². The summed E-state index contributed by atoms with van der Waals surface area (Å²) in [7, 11) is 0. The summed E-state index contributed by atoms with van der Waals surface area (Å²) in [6, 6.07) is 32.5. The van der Waals surface area contributed by atoms with Gasteiger partial charge in [-0.2, -0.15) is 0 Å². The molecule has 0 aliphatic rings. The summed E-state index contributed by atoms with van der Waals surface area (Å²) in [5, 5.41) is 0. The molecular formula is C35H38O3. The number of hydrogen-bond donors (Lipinski definition) is 0. The highest BCUT2D eigenvalue weighted by Gasteiger charge is 2.23. The second-order valence-corrected chi connectivity index (χ2v) is 9.93. The van der Waals surface area contributed by atoms with Crippen LogP contribution in [0.25, 0.3) is 0 Å². The Labute approximate surface area is 227 Å². The molecule has 0 amide bonds. The summed E-state index contributed by atoms with van der Waals surface area (Å²) in [6.07, 6.45) is 3.23. The third kappa shape index (κ3) is 6.34. The van der Waals surface area contributed by atoms with E-state index in [2.05, 4.69) is 88.4 Å². The molecule has 0 aliphatic heterocycles. The van der Waals surface area contributed by atoms with E-state index in [1.807, 2.05) is 36.4 Å². The Morgan fingerprint density at radius 3 is 1.26 bits per heavy atom. The Bertz CT molecular complexity index is 1250. The Morgan fingerprint density at radius 2 is 0.895 bits per heavy atom. The minimum atomic E-state index is -0.718. The first-order valence-corrected chi connectivity index (χ1v) is 13.7. The molecule has 2 unspecified atom stereocenters. The van der Waals surface area contributed by atoms with E-state index in [1.54, 1.807) is 0 Å². The largest absolute Gasteiger partial charge is 0.519 e. The van der Waals surface area contributed by atoms with Crippen molar-refractivity contribution in [2.24, 2.45) is 0 Å². The van der Waals surface area contributed by atoms with Crippen LogP contribution in [0.15, 0.2) is 97.1 Å². The van der Waals surface area contributed by atoms with Gasteiger partial charge >= 0.3 is 6.16 Å². The molecule has 0 heterocycles. The van der Waals surface area contributed by atoms with Crippen molar-refractivity contribution < 1.29 is 14.3 Å². The van der Waals surface area contributed by atoms with Gasteiger partial charge in [0, 0.05) is 23.0 Å². The minimum Gasteiger partial charge on any atom is -0.394 e. The van der Waals surface area contributed by atoms with Crippen LogP contribution in [0.4, 0.5) is 4.79 Å². The molecule has 4 aromatic rings. The lowest BCUT2D eigenvalue weighted by Crippen LogP contribution is -2.17. The van der Waals surface area contributed by atoms with Crippen molar-refractivity contribution in [1.82, 2.24) is 0 Å². The van der Waals surface area contributed by atoms with Gasteiger partial charge in [-0.25, -0.2) is 4.79 Å². The first-order chi connectivity index (χ1) is 18.5. The molecule has 0 bridgehead atoms. The molecule has 38 heavy (non-hydrogen) atoms. The van der Waals surface area contributed by atoms with Gasteiger partial charge in [0.2, 0.25) is 0 Å². The number of carbonyl (C=O) groups excluding carboxylic acids is 1. The standard InChI is InChI=1S/C35H38O3/c1-5-15-29(27-19-9-7-17-25(27)3)31-21-11-13-23-33(31)37-35(36)38-34-24-14-12-22-32(34)30(16-6-2)28-20-10-8-18-26(28)4/h7-14,17-24,29-30H,5-6,15-16H2,1-4H3. The molecule has 0 aliphatic carbocycles. The molecule has 0 aromatic heterocycles. The van der Waals surface area contributed by atoms with Crippen LogP contribution in [-0.2, 0) is 0 Å². The monoisotopic (exact) mass is 506 g/mol. The van der Waals surface area contributed by atoms with Gasteiger partial charge in [0.1, 0.15) is 11.5 Å². The first kappa shape index (κ1) is 27.2. The topological polar surface area (TPSA) is 35.5 Å². The van der Waals surface area contributed by atoms with Crippen LogP contribution in [0.5, 0.6) is 11.5 Å². The second-order valence-electron chi connectivity index (χ2n) is 9.93. The molecule has 196 valence electrons. The average Bonchev–Trinajstić information content (AvgIpc) is 2.92. The highest BCUT2D eigenvalue weighted by Crippen LogP contribution is 2.39. The molecular weight excluding hydrogens is 468 g/mol. The number of hydrogen-bond acceptors (Lipinski definition) is 3. The summed E-state index contributed by atoms with van der Waals surface area (Å²) in [5.41, 5.74) is 6.97. The lowest BCUT2D eigenvalue weighted by Gasteiger charge is -2.23. The normalized spacial score (nSPS) is 12.5. The van der Waals surface area contributed by atoms with E-state index >= 15 is 0 Å². The summed E-state index contributed by atoms with van der Waals surface area (Å²) in [5.74, 6) is 1.35. The van der Waals surface area contributed by atoms with E-state index in [9.17, 15) is 4.79 Å². The molecule has 0 saturated heterocycles. The molecule has 0 fully saturated rings. The maximum absolute atomic E-state index is 13.2. The molecule has 0 radical (unpaired) electrons. The smallest absolute Gasteiger partial charge is 0.394 e. The Hall–Kier alpha value is -3.85. The lowest BCUT2D eigenvalue weighted by atomic mass is 9.85. The summed E-state index contributed by atoms with van der Waals surface area (Å²) < 4.78 is 11.8. The van der Waals surface area contributed by atoms with Crippen LogP contribution in [-0.4, -0.2) is 6.16 Å². The van der Waals surface area contributed by atoms with Crippen molar-refractivity contribution in [3.8, 4) is 11.5 Å². The number of rotatable bonds is 10. The molecule has 3 heteroatoms. The van der Waals surface area contributed by atoms with Crippen molar-refractivity contribution in [3.05, 3.63) is 130 Å². The second kappa shape index (κ2) is 13.1. The van der Waals surface area contributed by atoms with Gasteiger partial charge in [-0.1, -0.05) is 112 Å². The number of carbonyl (C=O) groups is 1. The van der Waals surface area contributed by atoms with Crippen LogP contribution in [0.3, 0.4) is 0 Å². The molecule has 4 rings (SSSR count). The van der Waals surface area contributed by atoms with Crippen LogP contribution in [0, 0.1) is 13.8 Å². The van der Waals surface area contributed by atoms with E-state index in [0.29, 0.717) is 11.5 Å². The fourth-order valence-corrected chi connectivity index (χ4v) is 5.41. The highest BCUT2D eigenvalue weighted by molar-refractivity contribution is 5.69. The number of para-hydroxylation sites is 2. The van der Waals surface area contributed by atoms with Crippen LogP contribution in [0.1, 0.15) is 84.7 Å². The summed E-state index contributed by atoms with van der Waals surface area (Å²) in [4.78, 5) is 13.2. The summed E-state index contributed by atoms with van der Waals surface area (Å²) >= 11 is 0. The minimum absolute atomic E-state index is 0.132. The molecule has 0 spiro atoms. The quantitative estimate of drug-likeness (QED) is 0.159. The van der Waals surface area contributed by atoms with Gasteiger partial charge < -0.3 is 9.47 Å². The van der Waals surface area contributed by atoms with E-state index in [1.165, 1.54) is 22.3 Å². The van der Waals surface area contributed by atoms with E-state index < -0.39 is 6.16 Å². The van der Waals surface area contributed by atoms with Gasteiger partial charge in [-0.3, -0.25) is 0 Å². The van der Waals surface area contributed by atoms with Crippen LogP contribution in [0.2, 0.25) is 0 Å². The molecule has 0 saturated carbocycles. The highest BCUT2D eigenvalue weighted by atomic mass is 16.7. The lowest BCUT2D eigenvalue weighted by molar-refractivity contribution is 0.150. The first-order valence-electron chi connectivity index (χ1n) is 13.7. The molecule has 4 aromatic carbocycles. The van der Waals surface area contributed by atoms with Gasteiger partial charge in [0.05, 0.1) is 0 Å². The van der Waals surface area contributed by atoms with Crippen LogP contribution >= 0.6 is 0 Å². The molecule has 0 N–H and O–H groups in total. The van der Waals surface area contributed by atoms with Crippen molar-refractivity contribution in [2.75, 3.05) is 0 Å². The Balaban J connectivity index is 1.62. The average molecular weight is 507 g/mol. The zero-order valence-corrected chi connectivity index (χ0v) is 22.9. The zero-order valence-electron chi connectivity index (χ0n) is 22.9. The maximum atomic E-state index is 13.2. The van der Waals surface area contributed by atoms with Gasteiger partial charge in [0.15, 0.2) is 0 Å². The van der Waals surface area contributed by atoms with Crippen molar-refractivity contribution >= 4 is 6.16 Å². The maximum Gasteiger partial charge on any atom is 0.519 e. The fourth-order valence-electron chi connectivity index (χ4n) is 5.41. The third-order valence-corrected chi connectivity index (χ3v) is 7.26. The van der Waals surface area contributed by atoms with Crippen molar-refractivity contribution in [3.63, 3.8) is 0 Å². The van der Waals surface area contributed by atoms with Crippen molar-refractivity contribution in [1.29, 1.82) is 0 Å². The van der Waals surface area contributed by atoms with E-state index in [4.69, 9.17) is 9.47 Å². The molecule has 3 nitrogen and oxygen atoms in total. The van der Waals surface area contributed by atoms with Gasteiger partial charge in [-0.15, -0.1) is 0 Å². The SMILES string of the molecule is CCCC(c1ccccc1C)c1ccccc1OC(=O)Oc1ccccc1C(CCC)c1ccccc1C. The number of benzene rings is 4.